The summed E-state index contributed by atoms with van der Waals surface area (Å²) in [4.78, 5) is 38.2. The van der Waals surface area contributed by atoms with Crippen LogP contribution in [0.2, 0.25) is 0 Å². The molecule has 2 aromatic rings. The van der Waals surface area contributed by atoms with Crippen molar-refractivity contribution in [1.82, 2.24) is 0 Å². The van der Waals surface area contributed by atoms with Gasteiger partial charge in [0.2, 0.25) is 5.91 Å². The second-order valence-electron chi connectivity index (χ2n) is 6.55. The van der Waals surface area contributed by atoms with Gasteiger partial charge in [0, 0.05) is 24.3 Å². The average molecular weight is 384 g/mol. The number of benzene rings is 2. The number of ether oxygens (including phenoxy) is 1. The van der Waals surface area contributed by atoms with Crippen LogP contribution in [0.1, 0.15) is 18.9 Å². The first kappa shape index (κ1) is 19.5. The summed E-state index contributed by atoms with van der Waals surface area (Å²) in [5, 5.41) is 2.51. The lowest BCUT2D eigenvalue weighted by Gasteiger charge is -2.19. The fourth-order valence-electron chi connectivity index (χ4n) is 3.16. The van der Waals surface area contributed by atoms with Gasteiger partial charge in [-0.15, -0.1) is 0 Å². The Morgan fingerprint density at radius 2 is 1.89 bits per heavy atom. The number of aryl methyl sites for hydroxylation is 1. The van der Waals surface area contributed by atoms with E-state index in [9.17, 15) is 18.8 Å². The number of halogens is 1. The molecule has 1 saturated heterocycles. The lowest BCUT2D eigenvalue weighted by atomic mass is 10.1. The van der Waals surface area contributed by atoms with E-state index in [1.165, 1.54) is 24.3 Å². The normalized spacial score (nSPS) is 16.1. The summed E-state index contributed by atoms with van der Waals surface area (Å²) < 4.78 is 17.9. The van der Waals surface area contributed by atoms with Gasteiger partial charge in [0.25, 0.3) is 5.91 Å². The first-order valence-corrected chi connectivity index (χ1v) is 9.08. The number of rotatable bonds is 6. The summed E-state index contributed by atoms with van der Waals surface area (Å²) in [6.07, 6.45) is 0.828. The van der Waals surface area contributed by atoms with Crippen LogP contribution >= 0.6 is 0 Å². The molecule has 7 heteroatoms. The predicted octanol–water partition coefficient (Wildman–Crippen LogP) is 2.92. The minimum Gasteiger partial charge on any atom is -0.455 e. The van der Waals surface area contributed by atoms with Gasteiger partial charge in [-0.05, 0) is 42.3 Å². The van der Waals surface area contributed by atoms with Crippen LogP contribution in [0.3, 0.4) is 0 Å². The van der Waals surface area contributed by atoms with Crippen LogP contribution in [0.25, 0.3) is 0 Å². The lowest BCUT2D eigenvalue weighted by molar-refractivity contribution is -0.151. The van der Waals surface area contributed by atoms with Crippen molar-refractivity contribution in [2.45, 2.75) is 19.8 Å². The van der Waals surface area contributed by atoms with Gasteiger partial charge in [-0.2, -0.15) is 0 Å². The first-order valence-electron chi connectivity index (χ1n) is 9.08. The van der Waals surface area contributed by atoms with E-state index in [0.29, 0.717) is 5.69 Å². The molecule has 2 aromatic carbocycles. The zero-order valence-corrected chi connectivity index (χ0v) is 15.5. The van der Waals surface area contributed by atoms with E-state index in [4.69, 9.17) is 4.74 Å². The van der Waals surface area contributed by atoms with Gasteiger partial charge in [-0.25, -0.2) is 4.39 Å². The monoisotopic (exact) mass is 384 g/mol. The Kier molecular flexibility index (Phi) is 6.03. The molecule has 0 aromatic heterocycles. The number of anilines is 2. The van der Waals surface area contributed by atoms with Crippen molar-refractivity contribution in [2.75, 3.05) is 23.4 Å². The summed E-state index contributed by atoms with van der Waals surface area (Å²) in [5.74, 6) is -2.28. The molecule has 1 aliphatic rings. The Hall–Kier alpha value is -3.22. The second kappa shape index (κ2) is 8.65. The van der Waals surface area contributed by atoms with Gasteiger partial charge < -0.3 is 15.0 Å². The van der Waals surface area contributed by atoms with E-state index < -0.39 is 30.2 Å². The highest BCUT2D eigenvalue weighted by Gasteiger charge is 2.36. The second-order valence-corrected chi connectivity index (χ2v) is 6.55. The highest BCUT2D eigenvalue weighted by atomic mass is 19.1. The molecule has 6 nitrogen and oxygen atoms in total. The van der Waals surface area contributed by atoms with Gasteiger partial charge >= 0.3 is 5.97 Å². The third kappa shape index (κ3) is 4.54. The molecule has 0 unspecified atom stereocenters. The van der Waals surface area contributed by atoms with Crippen LogP contribution in [0.15, 0.2) is 48.5 Å². The van der Waals surface area contributed by atoms with Gasteiger partial charge in [-0.3, -0.25) is 14.4 Å². The average Bonchev–Trinajstić information content (AvgIpc) is 3.09. The minimum atomic E-state index is -0.615. The van der Waals surface area contributed by atoms with Crippen molar-refractivity contribution < 1.29 is 23.5 Å². The molecule has 146 valence electrons. The van der Waals surface area contributed by atoms with Crippen LogP contribution in [0, 0.1) is 11.7 Å². The molecule has 2 amide bonds. The molecule has 28 heavy (non-hydrogen) atoms. The molecular formula is C21H21FN2O4. The molecule has 0 bridgehead atoms. The minimum absolute atomic E-state index is 0.0520. The number of para-hydroxylation sites is 1. The Morgan fingerprint density at radius 3 is 2.61 bits per heavy atom. The summed E-state index contributed by atoms with van der Waals surface area (Å²) in [5.41, 5.74) is 2.24. The number of carbonyl (C=O) groups excluding carboxylic acids is 3. The Morgan fingerprint density at radius 1 is 1.18 bits per heavy atom. The van der Waals surface area contributed by atoms with Crippen LogP contribution in [-0.2, 0) is 25.5 Å². The zero-order chi connectivity index (χ0) is 20.1. The van der Waals surface area contributed by atoms with E-state index in [2.05, 4.69) is 5.32 Å². The number of amides is 2. The molecule has 0 spiro atoms. The summed E-state index contributed by atoms with van der Waals surface area (Å²) in [6.45, 7) is 1.77. The number of nitrogens with zero attached hydrogens (tertiary/aromatic N) is 1. The van der Waals surface area contributed by atoms with Gasteiger partial charge in [-0.1, -0.05) is 25.1 Å². The SMILES string of the molecule is CCc1ccccc1N1C[C@@H](C(=O)OCC(=O)Nc2ccc(F)cc2)CC1=O. The van der Waals surface area contributed by atoms with Gasteiger partial charge in [0.15, 0.2) is 6.61 Å². The van der Waals surface area contributed by atoms with E-state index >= 15 is 0 Å². The molecule has 1 atom stereocenters. The maximum atomic E-state index is 12.9. The maximum absolute atomic E-state index is 12.9. The van der Waals surface area contributed by atoms with E-state index in [0.717, 1.165) is 17.7 Å². The third-order valence-electron chi connectivity index (χ3n) is 4.60. The molecule has 0 aliphatic carbocycles. The molecule has 0 saturated carbocycles. The first-order chi connectivity index (χ1) is 13.5. The number of nitrogens with one attached hydrogen (secondary N) is 1. The van der Waals surface area contributed by atoms with E-state index in [1.807, 2.05) is 31.2 Å². The predicted molar refractivity (Wildman–Crippen MR) is 102 cm³/mol. The third-order valence-corrected chi connectivity index (χ3v) is 4.60. The smallest absolute Gasteiger partial charge is 0.311 e. The Labute approximate surface area is 162 Å². The molecular weight excluding hydrogens is 363 g/mol. The van der Waals surface area contributed by atoms with E-state index in [-0.39, 0.29) is 18.9 Å². The molecule has 1 aliphatic heterocycles. The topological polar surface area (TPSA) is 75.7 Å². The Balaban J connectivity index is 1.54. The lowest BCUT2D eigenvalue weighted by Crippen LogP contribution is -2.28. The summed E-state index contributed by atoms with van der Waals surface area (Å²) in [7, 11) is 0. The fourth-order valence-corrected chi connectivity index (χ4v) is 3.16. The highest BCUT2D eigenvalue weighted by Crippen LogP contribution is 2.29. The Bertz CT molecular complexity index is 882. The van der Waals surface area contributed by atoms with Crippen molar-refractivity contribution >= 4 is 29.2 Å². The molecule has 3 rings (SSSR count). The fraction of sp³-hybridized carbons (Fsp3) is 0.286. The maximum Gasteiger partial charge on any atom is 0.311 e. The number of hydrogen-bond acceptors (Lipinski definition) is 4. The molecule has 0 radical (unpaired) electrons. The van der Waals surface area contributed by atoms with Crippen LogP contribution in [0.4, 0.5) is 15.8 Å². The largest absolute Gasteiger partial charge is 0.455 e. The summed E-state index contributed by atoms with van der Waals surface area (Å²) in [6, 6.07) is 12.8. The van der Waals surface area contributed by atoms with Crippen molar-refractivity contribution in [1.29, 1.82) is 0 Å². The number of carbonyl (C=O) groups is 3. The van der Waals surface area contributed by atoms with Crippen LogP contribution in [-0.4, -0.2) is 30.9 Å². The van der Waals surface area contributed by atoms with Crippen molar-refractivity contribution in [3.63, 3.8) is 0 Å². The van der Waals surface area contributed by atoms with Crippen molar-refractivity contribution in [3.05, 3.63) is 59.9 Å². The molecule has 1 heterocycles. The summed E-state index contributed by atoms with van der Waals surface area (Å²) >= 11 is 0. The number of esters is 1. The standard InChI is InChI=1S/C21H21FN2O4/c1-2-14-5-3-4-6-18(14)24-12-15(11-20(24)26)21(27)28-13-19(25)23-17-9-7-16(22)8-10-17/h3-10,15H,2,11-13H2,1H3,(H,23,25)/t15-/m0/s1. The van der Waals surface area contributed by atoms with Gasteiger partial charge in [0.05, 0.1) is 5.92 Å². The van der Waals surface area contributed by atoms with Crippen molar-refractivity contribution in [2.24, 2.45) is 5.92 Å². The molecule has 1 fully saturated rings. The molecule has 1 N–H and O–H groups in total. The quantitative estimate of drug-likeness (QED) is 0.777. The number of hydrogen-bond donors (Lipinski definition) is 1. The van der Waals surface area contributed by atoms with Gasteiger partial charge in [0.1, 0.15) is 5.82 Å². The van der Waals surface area contributed by atoms with Crippen LogP contribution in [0.5, 0.6) is 0 Å². The van der Waals surface area contributed by atoms with E-state index in [1.54, 1.807) is 4.90 Å². The van der Waals surface area contributed by atoms with Crippen molar-refractivity contribution in [3.8, 4) is 0 Å². The van der Waals surface area contributed by atoms with Crippen LogP contribution < -0.4 is 10.2 Å². The zero-order valence-electron chi connectivity index (χ0n) is 15.5. The highest BCUT2D eigenvalue weighted by molar-refractivity contribution is 6.00.